The van der Waals surface area contributed by atoms with Crippen LogP contribution in [0.2, 0.25) is 0 Å². The Morgan fingerprint density at radius 1 is 1.16 bits per heavy atom. The Morgan fingerprint density at radius 3 is 2.48 bits per heavy atom. The Bertz CT molecular complexity index is 1130. The van der Waals surface area contributed by atoms with Crippen molar-refractivity contribution in [2.75, 3.05) is 0 Å². The second-order valence-electron chi connectivity index (χ2n) is 6.44. The number of halogens is 4. The zero-order valence-electron chi connectivity index (χ0n) is 16.2. The van der Waals surface area contributed by atoms with Gasteiger partial charge in [0.2, 0.25) is 0 Å². The van der Waals surface area contributed by atoms with E-state index >= 15 is 0 Å². The number of benzene rings is 1. The summed E-state index contributed by atoms with van der Waals surface area (Å²) in [5.41, 5.74) is 0.0277. The molecule has 0 aliphatic heterocycles. The first kappa shape index (κ1) is 22.0. The van der Waals surface area contributed by atoms with Crippen LogP contribution in [-0.2, 0) is 6.54 Å². The van der Waals surface area contributed by atoms with E-state index in [9.17, 15) is 27.2 Å². The van der Waals surface area contributed by atoms with E-state index in [1.807, 2.05) is 0 Å². The van der Waals surface area contributed by atoms with Crippen molar-refractivity contribution in [1.82, 2.24) is 14.9 Å². The van der Waals surface area contributed by atoms with Gasteiger partial charge in [-0.05, 0) is 42.8 Å². The van der Waals surface area contributed by atoms with E-state index < -0.39 is 29.9 Å². The normalized spacial score (nSPS) is 12.3. The highest BCUT2D eigenvalue weighted by atomic mass is 19.4. The molecular formula is C21H17F4N3O3. The fourth-order valence-corrected chi connectivity index (χ4v) is 2.91. The van der Waals surface area contributed by atoms with Crippen LogP contribution in [0, 0.1) is 5.82 Å². The molecule has 162 valence electrons. The molecule has 0 fully saturated rings. The minimum absolute atomic E-state index is 0.121. The first-order valence-electron chi connectivity index (χ1n) is 9.15. The Balaban J connectivity index is 1.95. The van der Waals surface area contributed by atoms with Gasteiger partial charge >= 0.3 is 6.36 Å². The van der Waals surface area contributed by atoms with Gasteiger partial charge in [0.1, 0.15) is 17.3 Å². The van der Waals surface area contributed by atoms with Crippen molar-refractivity contribution in [1.29, 1.82) is 0 Å². The van der Waals surface area contributed by atoms with Crippen LogP contribution in [0.1, 0.15) is 34.6 Å². The number of alkyl halides is 3. The van der Waals surface area contributed by atoms with Crippen molar-refractivity contribution < 1.29 is 27.1 Å². The SMILES string of the molecule is CCn1cc(C(=O)NC(c2ccc(OC(F)(F)F)cc2)c2ncccc2F)ccc1=O. The number of nitrogens with one attached hydrogen (secondary N) is 1. The third kappa shape index (κ3) is 5.47. The largest absolute Gasteiger partial charge is 0.573 e. The molecule has 2 heterocycles. The summed E-state index contributed by atoms with van der Waals surface area (Å²) in [7, 11) is 0. The molecule has 0 bridgehead atoms. The summed E-state index contributed by atoms with van der Waals surface area (Å²) in [4.78, 5) is 28.5. The standard InChI is InChI=1S/C21H17F4N3O3/c1-2-28-12-14(7-10-17(28)29)20(30)27-18(19-16(22)4-3-11-26-19)13-5-8-15(9-6-13)31-21(23,24)25/h3-12,18H,2H2,1H3,(H,27,30). The molecular weight excluding hydrogens is 418 g/mol. The Labute approximate surface area is 174 Å². The van der Waals surface area contributed by atoms with Crippen molar-refractivity contribution in [2.24, 2.45) is 0 Å². The van der Waals surface area contributed by atoms with Gasteiger partial charge in [0.05, 0.1) is 11.6 Å². The molecule has 0 saturated carbocycles. The number of pyridine rings is 2. The lowest BCUT2D eigenvalue weighted by Gasteiger charge is -2.20. The van der Waals surface area contributed by atoms with Crippen molar-refractivity contribution in [3.63, 3.8) is 0 Å². The smallest absolute Gasteiger partial charge is 0.406 e. The minimum atomic E-state index is -4.86. The van der Waals surface area contributed by atoms with Crippen LogP contribution in [-0.4, -0.2) is 21.8 Å². The zero-order valence-corrected chi connectivity index (χ0v) is 16.2. The quantitative estimate of drug-likeness (QED) is 0.598. The van der Waals surface area contributed by atoms with Gasteiger partial charge in [-0.3, -0.25) is 14.6 Å². The van der Waals surface area contributed by atoms with Crippen molar-refractivity contribution in [2.45, 2.75) is 25.9 Å². The second kappa shape index (κ2) is 8.99. The lowest BCUT2D eigenvalue weighted by atomic mass is 10.0. The Hall–Kier alpha value is -3.69. The molecule has 1 N–H and O–H groups in total. The van der Waals surface area contributed by atoms with Gasteiger partial charge < -0.3 is 14.6 Å². The van der Waals surface area contributed by atoms with E-state index in [2.05, 4.69) is 15.0 Å². The molecule has 0 saturated heterocycles. The van der Waals surface area contributed by atoms with E-state index in [0.717, 1.165) is 18.2 Å². The number of nitrogens with zero attached hydrogens (tertiary/aromatic N) is 2. The molecule has 3 rings (SSSR count). The number of hydrogen-bond donors (Lipinski definition) is 1. The molecule has 1 aromatic carbocycles. The highest BCUT2D eigenvalue weighted by molar-refractivity contribution is 5.94. The number of carbonyl (C=O) groups is 1. The highest BCUT2D eigenvalue weighted by Gasteiger charge is 2.31. The van der Waals surface area contributed by atoms with Gasteiger partial charge in [-0.15, -0.1) is 13.2 Å². The predicted octanol–water partition coefficient (Wildman–Crippen LogP) is 3.82. The van der Waals surface area contributed by atoms with Crippen LogP contribution in [0.5, 0.6) is 5.75 Å². The molecule has 10 heteroatoms. The molecule has 1 unspecified atom stereocenters. The fourth-order valence-electron chi connectivity index (χ4n) is 2.91. The molecule has 1 amide bonds. The van der Waals surface area contributed by atoms with Crippen LogP contribution in [0.15, 0.2) is 65.7 Å². The molecule has 2 aromatic heterocycles. The van der Waals surface area contributed by atoms with Crippen molar-refractivity contribution >= 4 is 5.91 Å². The average Bonchev–Trinajstić information content (AvgIpc) is 2.72. The molecule has 6 nitrogen and oxygen atoms in total. The first-order valence-corrected chi connectivity index (χ1v) is 9.15. The van der Waals surface area contributed by atoms with Crippen LogP contribution < -0.4 is 15.6 Å². The lowest BCUT2D eigenvalue weighted by molar-refractivity contribution is -0.274. The van der Waals surface area contributed by atoms with Crippen LogP contribution >= 0.6 is 0 Å². The van der Waals surface area contributed by atoms with E-state index in [1.165, 1.54) is 47.3 Å². The number of rotatable bonds is 6. The summed E-state index contributed by atoms with van der Waals surface area (Å²) in [5.74, 6) is -1.78. The first-order chi connectivity index (χ1) is 14.7. The van der Waals surface area contributed by atoms with Gasteiger partial charge in [0.25, 0.3) is 11.5 Å². The van der Waals surface area contributed by atoms with E-state index in [4.69, 9.17) is 0 Å². The molecule has 0 spiro atoms. The summed E-state index contributed by atoms with van der Waals surface area (Å²) in [6.07, 6.45) is -2.16. The number of ether oxygens (including phenoxy) is 1. The number of amides is 1. The molecule has 1 atom stereocenters. The number of hydrogen-bond acceptors (Lipinski definition) is 4. The van der Waals surface area contributed by atoms with Crippen molar-refractivity contribution in [3.8, 4) is 5.75 Å². The van der Waals surface area contributed by atoms with Gasteiger partial charge in [0, 0.05) is 25.0 Å². The Morgan fingerprint density at radius 2 is 1.87 bits per heavy atom. The summed E-state index contributed by atoms with van der Waals surface area (Å²) < 4.78 is 56.8. The number of aryl methyl sites for hydroxylation is 1. The third-order valence-electron chi connectivity index (χ3n) is 4.37. The predicted molar refractivity (Wildman–Crippen MR) is 103 cm³/mol. The average molecular weight is 435 g/mol. The lowest BCUT2D eigenvalue weighted by Crippen LogP contribution is -2.32. The fraction of sp³-hybridized carbons (Fsp3) is 0.190. The summed E-state index contributed by atoms with van der Waals surface area (Å²) in [5, 5.41) is 2.63. The van der Waals surface area contributed by atoms with Gasteiger partial charge in [-0.25, -0.2) is 4.39 Å². The maximum absolute atomic E-state index is 14.4. The Kier molecular flexibility index (Phi) is 6.38. The maximum Gasteiger partial charge on any atom is 0.573 e. The molecule has 31 heavy (non-hydrogen) atoms. The number of aromatic nitrogens is 2. The van der Waals surface area contributed by atoms with E-state index in [0.29, 0.717) is 6.54 Å². The van der Waals surface area contributed by atoms with E-state index in [1.54, 1.807) is 6.92 Å². The second-order valence-corrected chi connectivity index (χ2v) is 6.44. The summed E-state index contributed by atoms with van der Waals surface area (Å²) in [6.45, 7) is 2.08. The van der Waals surface area contributed by atoms with Crippen LogP contribution in [0.4, 0.5) is 17.6 Å². The van der Waals surface area contributed by atoms with Crippen LogP contribution in [0.25, 0.3) is 0 Å². The van der Waals surface area contributed by atoms with Gasteiger partial charge in [-0.1, -0.05) is 12.1 Å². The third-order valence-corrected chi connectivity index (χ3v) is 4.37. The summed E-state index contributed by atoms with van der Waals surface area (Å²) in [6, 6.07) is 8.64. The molecule has 0 aliphatic rings. The summed E-state index contributed by atoms with van der Waals surface area (Å²) >= 11 is 0. The minimum Gasteiger partial charge on any atom is -0.406 e. The van der Waals surface area contributed by atoms with Gasteiger partial charge in [0.15, 0.2) is 0 Å². The van der Waals surface area contributed by atoms with E-state index in [-0.39, 0.29) is 22.4 Å². The molecule has 3 aromatic rings. The van der Waals surface area contributed by atoms with Crippen LogP contribution in [0.3, 0.4) is 0 Å². The topological polar surface area (TPSA) is 73.2 Å². The maximum atomic E-state index is 14.4. The number of carbonyl (C=O) groups excluding carboxylic acids is 1. The van der Waals surface area contributed by atoms with Crippen molar-refractivity contribution in [3.05, 3.63) is 93.9 Å². The highest BCUT2D eigenvalue weighted by Crippen LogP contribution is 2.27. The molecule has 0 radical (unpaired) electrons. The zero-order chi connectivity index (χ0) is 22.6. The van der Waals surface area contributed by atoms with Gasteiger partial charge in [-0.2, -0.15) is 0 Å². The molecule has 0 aliphatic carbocycles. The monoisotopic (exact) mass is 435 g/mol.